The van der Waals surface area contributed by atoms with Gasteiger partial charge in [0.15, 0.2) is 0 Å². The molecule has 0 radical (unpaired) electrons. The normalized spacial score (nSPS) is 10.4. The van der Waals surface area contributed by atoms with Crippen LogP contribution in [0.15, 0.2) is 22.7 Å². The van der Waals surface area contributed by atoms with Gasteiger partial charge in [-0.15, -0.1) is 0 Å². The molecule has 2 rings (SSSR count). The van der Waals surface area contributed by atoms with E-state index in [1.807, 2.05) is 43.7 Å². The highest BCUT2D eigenvalue weighted by Crippen LogP contribution is 2.29. The van der Waals surface area contributed by atoms with Crippen LogP contribution in [0.5, 0.6) is 0 Å². The van der Waals surface area contributed by atoms with Crippen molar-refractivity contribution in [2.45, 2.75) is 20.4 Å². The molecule has 0 aliphatic carbocycles. The highest BCUT2D eigenvalue weighted by atomic mass is 79.9. The Morgan fingerprint density at radius 3 is 2.65 bits per heavy atom. The van der Waals surface area contributed by atoms with E-state index in [1.54, 1.807) is 0 Å². The van der Waals surface area contributed by atoms with Gasteiger partial charge in [0.25, 0.3) is 0 Å². The third kappa shape index (κ3) is 2.84. The Morgan fingerprint density at radius 1 is 1.35 bits per heavy atom. The first-order valence-electron chi connectivity index (χ1n) is 6.19. The first-order chi connectivity index (χ1) is 9.43. The van der Waals surface area contributed by atoms with Crippen molar-refractivity contribution in [3.8, 4) is 6.07 Å². The molecular weight excluding hydrogens is 338 g/mol. The van der Waals surface area contributed by atoms with Crippen molar-refractivity contribution in [2.24, 2.45) is 7.05 Å². The highest BCUT2D eigenvalue weighted by molar-refractivity contribution is 9.10. The molecule has 1 aromatic carbocycles. The van der Waals surface area contributed by atoms with Gasteiger partial charge in [0.2, 0.25) is 0 Å². The number of aryl methyl sites for hydroxylation is 1. The van der Waals surface area contributed by atoms with E-state index in [9.17, 15) is 0 Å². The van der Waals surface area contributed by atoms with Gasteiger partial charge in [0, 0.05) is 28.8 Å². The number of anilines is 1. The Morgan fingerprint density at radius 2 is 2.05 bits per heavy atom. The van der Waals surface area contributed by atoms with E-state index >= 15 is 0 Å². The molecule has 0 aliphatic rings. The van der Waals surface area contributed by atoms with Gasteiger partial charge in [-0.2, -0.15) is 5.26 Å². The number of benzene rings is 1. The number of hydrogen-bond donors (Lipinski definition) is 1. The van der Waals surface area contributed by atoms with Gasteiger partial charge < -0.3 is 9.88 Å². The molecule has 2 aromatic rings. The van der Waals surface area contributed by atoms with Crippen molar-refractivity contribution in [2.75, 3.05) is 5.32 Å². The number of hydrogen-bond acceptors (Lipinski definition) is 2. The molecule has 1 aromatic heterocycles. The van der Waals surface area contributed by atoms with Gasteiger partial charge >= 0.3 is 0 Å². The number of aromatic nitrogens is 1. The maximum absolute atomic E-state index is 9.04. The molecule has 0 fully saturated rings. The summed E-state index contributed by atoms with van der Waals surface area (Å²) >= 11 is 9.67. The first-order valence-corrected chi connectivity index (χ1v) is 7.36. The average molecular weight is 353 g/mol. The third-order valence-corrected chi connectivity index (χ3v) is 4.54. The summed E-state index contributed by atoms with van der Waals surface area (Å²) in [5.41, 5.74) is 4.84. The Labute approximate surface area is 132 Å². The molecule has 3 nitrogen and oxygen atoms in total. The predicted octanol–water partition coefficient (Wildman–Crippen LogP) is 4.54. The minimum atomic E-state index is 0.652. The molecular formula is C15H15BrClN3. The van der Waals surface area contributed by atoms with Gasteiger partial charge in [-0.1, -0.05) is 11.6 Å². The first kappa shape index (κ1) is 15.0. The molecule has 0 aliphatic heterocycles. The Hall–Kier alpha value is -1.44. The fraction of sp³-hybridized carbons (Fsp3) is 0.267. The zero-order valence-electron chi connectivity index (χ0n) is 11.6. The molecule has 20 heavy (non-hydrogen) atoms. The second kappa shape index (κ2) is 5.90. The summed E-state index contributed by atoms with van der Waals surface area (Å²) in [5.74, 6) is 0. The number of nitrogens with one attached hydrogen (secondary N) is 1. The zero-order chi connectivity index (χ0) is 14.9. The summed E-state index contributed by atoms with van der Waals surface area (Å²) in [6.07, 6.45) is 0. The minimum Gasteiger partial charge on any atom is -0.380 e. The van der Waals surface area contributed by atoms with Gasteiger partial charge in [-0.05, 0) is 59.1 Å². The number of halogens is 2. The van der Waals surface area contributed by atoms with Crippen molar-refractivity contribution < 1.29 is 0 Å². The van der Waals surface area contributed by atoms with E-state index in [1.165, 1.54) is 0 Å². The van der Waals surface area contributed by atoms with Gasteiger partial charge in [-0.25, -0.2) is 0 Å². The molecule has 5 heteroatoms. The van der Waals surface area contributed by atoms with Crippen LogP contribution in [0.4, 0.5) is 5.69 Å². The molecule has 0 saturated heterocycles. The van der Waals surface area contributed by atoms with E-state index in [4.69, 9.17) is 16.9 Å². The minimum absolute atomic E-state index is 0.652. The van der Waals surface area contributed by atoms with Crippen molar-refractivity contribution in [3.05, 3.63) is 50.2 Å². The SMILES string of the molecule is Cc1cc(Br)c(NCc2cc(C#N)n(C)c2C)cc1Cl. The van der Waals surface area contributed by atoms with Gasteiger partial charge in [0.05, 0.1) is 5.69 Å². The number of nitriles is 1. The smallest absolute Gasteiger partial charge is 0.120 e. The largest absolute Gasteiger partial charge is 0.380 e. The lowest BCUT2D eigenvalue weighted by Gasteiger charge is -2.11. The van der Waals surface area contributed by atoms with E-state index in [0.29, 0.717) is 12.2 Å². The molecule has 0 atom stereocenters. The summed E-state index contributed by atoms with van der Waals surface area (Å²) < 4.78 is 2.88. The number of rotatable bonds is 3. The summed E-state index contributed by atoms with van der Waals surface area (Å²) in [6.45, 7) is 4.63. The fourth-order valence-electron chi connectivity index (χ4n) is 2.02. The lowest BCUT2D eigenvalue weighted by Crippen LogP contribution is -2.02. The van der Waals surface area contributed by atoms with Crippen LogP contribution in [0.2, 0.25) is 5.02 Å². The van der Waals surface area contributed by atoms with Crippen LogP contribution < -0.4 is 5.32 Å². The summed E-state index contributed by atoms with van der Waals surface area (Å²) in [4.78, 5) is 0. The average Bonchev–Trinajstić information content (AvgIpc) is 2.69. The summed E-state index contributed by atoms with van der Waals surface area (Å²) in [7, 11) is 1.90. The van der Waals surface area contributed by atoms with Gasteiger partial charge in [-0.3, -0.25) is 0 Å². The highest BCUT2D eigenvalue weighted by Gasteiger charge is 2.09. The molecule has 0 unspecified atom stereocenters. The second-order valence-electron chi connectivity index (χ2n) is 4.75. The fourth-order valence-corrected chi connectivity index (χ4v) is 2.78. The Kier molecular flexibility index (Phi) is 4.42. The molecule has 1 N–H and O–H groups in total. The summed E-state index contributed by atoms with van der Waals surface area (Å²) in [5, 5.41) is 13.1. The van der Waals surface area contributed by atoms with Crippen LogP contribution in [0.3, 0.4) is 0 Å². The Balaban J connectivity index is 2.22. The van der Waals surface area contributed by atoms with E-state index < -0.39 is 0 Å². The lowest BCUT2D eigenvalue weighted by molar-refractivity contribution is 0.856. The van der Waals surface area contributed by atoms with Crippen molar-refractivity contribution in [3.63, 3.8) is 0 Å². The molecule has 0 bridgehead atoms. The zero-order valence-corrected chi connectivity index (χ0v) is 13.9. The van der Waals surface area contributed by atoms with Crippen molar-refractivity contribution in [1.29, 1.82) is 5.26 Å². The van der Waals surface area contributed by atoms with Crippen molar-refractivity contribution >= 4 is 33.2 Å². The Bertz CT molecular complexity index is 698. The standard InChI is InChI=1S/C15H15BrClN3/c1-9-4-13(16)15(6-14(9)17)19-8-11-5-12(7-18)20(3)10(11)2/h4-6,19H,8H2,1-3H3. The van der Waals surface area contributed by atoms with Crippen LogP contribution in [-0.2, 0) is 13.6 Å². The molecule has 0 amide bonds. The second-order valence-corrected chi connectivity index (χ2v) is 6.01. The van der Waals surface area contributed by atoms with Crippen LogP contribution in [0, 0.1) is 25.2 Å². The van der Waals surface area contributed by atoms with Crippen molar-refractivity contribution in [1.82, 2.24) is 4.57 Å². The van der Waals surface area contributed by atoms with Crippen LogP contribution in [0.1, 0.15) is 22.5 Å². The molecule has 104 valence electrons. The lowest BCUT2D eigenvalue weighted by atomic mass is 10.2. The molecule has 0 spiro atoms. The third-order valence-electron chi connectivity index (χ3n) is 3.47. The monoisotopic (exact) mass is 351 g/mol. The number of nitrogens with zero attached hydrogens (tertiary/aromatic N) is 2. The van der Waals surface area contributed by atoms with Crippen LogP contribution >= 0.6 is 27.5 Å². The molecule has 0 saturated carbocycles. The van der Waals surface area contributed by atoms with E-state index in [-0.39, 0.29) is 0 Å². The maximum Gasteiger partial charge on any atom is 0.120 e. The van der Waals surface area contributed by atoms with Crippen LogP contribution in [-0.4, -0.2) is 4.57 Å². The predicted molar refractivity (Wildman–Crippen MR) is 86.1 cm³/mol. The van der Waals surface area contributed by atoms with Crippen LogP contribution in [0.25, 0.3) is 0 Å². The van der Waals surface area contributed by atoms with E-state index in [0.717, 1.165) is 32.0 Å². The quantitative estimate of drug-likeness (QED) is 0.881. The molecule has 1 heterocycles. The maximum atomic E-state index is 9.04. The topological polar surface area (TPSA) is 40.8 Å². The van der Waals surface area contributed by atoms with E-state index in [2.05, 4.69) is 27.3 Å². The van der Waals surface area contributed by atoms with Gasteiger partial charge in [0.1, 0.15) is 11.8 Å². The summed E-state index contributed by atoms with van der Waals surface area (Å²) in [6, 6.07) is 7.99.